The molecule has 1 aromatic carbocycles. The van der Waals surface area contributed by atoms with Gasteiger partial charge in [-0.2, -0.15) is 0 Å². The molecule has 1 aromatic rings. The average Bonchev–Trinajstić information content (AvgIpc) is 2.42. The molecule has 0 saturated carbocycles. The number of carbonyl (C=O) groups is 2. The molecule has 0 aromatic heterocycles. The molecule has 9 heteroatoms. The minimum Gasteiger partial charge on any atom is -0.465 e. The molecular formula is C12H16NO7P. The molecule has 3 N–H and O–H groups in total. The van der Waals surface area contributed by atoms with Crippen LogP contribution in [0.15, 0.2) is 24.3 Å². The zero-order valence-corrected chi connectivity index (χ0v) is 12.4. The van der Waals surface area contributed by atoms with Crippen LogP contribution in [0.4, 0.5) is 0 Å². The van der Waals surface area contributed by atoms with Crippen LogP contribution >= 0.6 is 7.82 Å². The number of carbonyl (C=O) groups excluding carboxylic acids is 2. The lowest BCUT2D eigenvalue weighted by atomic mass is 10.1. The lowest BCUT2D eigenvalue weighted by Gasteiger charge is -2.13. The van der Waals surface area contributed by atoms with E-state index >= 15 is 0 Å². The molecule has 0 aliphatic carbocycles. The van der Waals surface area contributed by atoms with Crippen molar-refractivity contribution in [3.05, 3.63) is 35.4 Å². The number of benzene rings is 1. The highest BCUT2D eigenvalue weighted by Gasteiger charge is 2.23. The second kappa shape index (κ2) is 7.33. The van der Waals surface area contributed by atoms with Crippen LogP contribution in [0.3, 0.4) is 0 Å². The van der Waals surface area contributed by atoms with Gasteiger partial charge < -0.3 is 19.8 Å². The maximum atomic E-state index is 11.6. The summed E-state index contributed by atoms with van der Waals surface area (Å²) in [5.41, 5.74) is 1.09. The van der Waals surface area contributed by atoms with Gasteiger partial charge in [0.1, 0.15) is 6.10 Å². The van der Waals surface area contributed by atoms with E-state index in [0.29, 0.717) is 11.1 Å². The van der Waals surface area contributed by atoms with Crippen LogP contribution in [0.2, 0.25) is 0 Å². The zero-order chi connectivity index (χ0) is 16.0. The number of phosphoric ester groups is 1. The van der Waals surface area contributed by atoms with Crippen molar-refractivity contribution in [3.63, 3.8) is 0 Å². The van der Waals surface area contributed by atoms with Crippen molar-refractivity contribution in [1.82, 2.24) is 5.32 Å². The predicted octanol–water partition coefficient (Wildman–Crippen LogP) is 0.587. The zero-order valence-electron chi connectivity index (χ0n) is 11.5. The second-order valence-corrected chi connectivity index (χ2v) is 5.34. The van der Waals surface area contributed by atoms with E-state index < -0.39 is 25.8 Å². The summed E-state index contributed by atoms with van der Waals surface area (Å²) in [5.74, 6) is -1.12. The van der Waals surface area contributed by atoms with Crippen molar-refractivity contribution in [2.45, 2.75) is 19.6 Å². The first-order valence-corrected chi connectivity index (χ1v) is 7.45. The summed E-state index contributed by atoms with van der Waals surface area (Å²) in [5, 5.41) is 2.46. The molecule has 1 atom stereocenters. The quantitative estimate of drug-likeness (QED) is 0.518. The Hall–Kier alpha value is -1.73. The summed E-state index contributed by atoms with van der Waals surface area (Å²) in [4.78, 5) is 40.0. The predicted molar refractivity (Wildman–Crippen MR) is 72.2 cm³/mol. The molecule has 1 unspecified atom stereocenters. The maximum absolute atomic E-state index is 11.6. The highest BCUT2D eigenvalue weighted by Crippen LogP contribution is 2.37. The largest absolute Gasteiger partial charge is 0.470 e. The van der Waals surface area contributed by atoms with Gasteiger partial charge in [-0.25, -0.2) is 9.36 Å². The van der Waals surface area contributed by atoms with Crippen LogP contribution in [0.5, 0.6) is 0 Å². The highest BCUT2D eigenvalue weighted by atomic mass is 31.2. The van der Waals surface area contributed by atoms with Crippen molar-refractivity contribution in [1.29, 1.82) is 0 Å². The fourth-order valence-electron chi connectivity index (χ4n) is 1.46. The molecule has 8 nitrogen and oxygen atoms in total. The normalized spacial score (nSPS) is 12.6. The smallest absolute Gasteiger partial charge is 0.465 e. The van der Waals surface area contributed by atoms with E-state index in [1.807, 2.05) is 0 Å². The van der Waals surface area contributed by atoms with E-state index in [4.69, 9.17) is 9.79 Å². The van der Waals surface area contributed by atoms with Crippen LogP contribution in [0.25, 0.3) is 0 Å². The van der Waals surface area contributed by atoms with Gasteiger partial charge in [-0.1, -0.05) is 12.1 Å². The molecule has 0 radical (unpaired) electrons. The standard InChI is InChI=1S/C12H16NO7P/c1-8(20-21(16,17)18)11(14)13-7-9-3-5-10(6-4-9)12(15)19-2/h3-6,8H,7H2,1-2H3,(H,13,14)(H2,16,17,18). The summed E-state index contributed by atoms with van der Waals surface area (Å²) in [6, 6.07) is 6.34. The van der Waals surface area contributed by atoms with Gasteiger partial charge in [0.2, 0.25) is 5.91 Å². The third-order valence-electron chi connectivity index (χ3n) is 2.51. The first kappa shape index (κ1) is 17.3. The molecule has 1 amide bonds. The van der Waals surface area contributed by atoms with Gasteiger partial charge in [0.15, 0.2) is 0 Å². The molecule has 0 aliphatic heterocycles. The van der Waals surface area contributed by atoms with Crippen LogP contribution < -0.4 is 5.32 Å². The van der Waals surface area contributed by atoms with Gasteiger partial charge in [-0.05, 0) is 24.6 Å². The molecular weight excluding hydrogens is 301 g/mol. The van der Waals surface area contributed by atoms with E-state index in [0.717, 1.165) is 0 Å². The molecule has 116 valence electrons. The number of methoxy groups -OCH3 is 1. The van der Waals surface area contributed by atoms with E-state index in [1.54, 1.807) is 24.3 Å². The first-order chi connectivity index (χ1) is 9.73. The summed E-state index contributed by atoms with van der Waals surface area (Å²) in [6.07, 6.45) is -1.28. The Morgan fingerprint density at radius 1 is 1.29 bits per heavy atom. The molecule has 1 rings (SSSR count). The summed E-state index contributed by atoms with van der Waals surface area (Å²) >= 11 is 0. The monoisotopic (exact) mass is 317 g/mol. The fraction of sp³-hybridized carbons (Fsp3) is 0.333. The van der Waals surface area contributed by atoms with Crippen molar-refractivity contribution >= 4 is 19.7 Å². The lowest BCUT2D eigenvalue weighted by molar-refractivity contribution is -0.128. The number of amides is 1. The topological polar surface area (TPSA) is 122 Å². The minimum atomic E-state index is -4.70. The Bertz CT molecular complexity index is 551. The second-order valence-electron chi connectivity index (χ2n) is 4.14. The Morgan fingerprint density at radius 2 is 1.86 bits per heavy atom. The number of phosphoric acid groups is 1. The Balaban J connectivity index is 2.53. The number of ether oxygens (including phenoxy) is 1. The van der Waals surface area contributed by atoms with Gasteiger partial charge in [-0.3, -0.25) is 9.32 Å². The molecule has 0 fully saturated rings. The minimum absolute atomic E-state index is 0.134. The van der Waals surface area contributed by atoms with Crippen LogP contribution in [0.1, 0.15) is 22.8 Å². The summed E-state index contributed by atoms with van der Waals surface area (Å²) in [7, 11) is -3.43. The lowest BCUT2D eigenvalue weighted by Crippen LogP contribution is -2.33. The maximum Gasteiger partial charge on any atom is 0.470 e. The molecule has 21 heavy (non-hydrogen) atoms. The highest BCUT2D eigenvalue weighted by molar-refractivity contribution is 7.46. The molecule has 0 saturated heterocycles. The van der Waals surface area contributed by atoms with E-state index in [-0.39, 0.29) is 6.54 Å². The van der Waals surface area contributed by atoms with Crippen molar-refractivity contribution in [2.24, 2.45) is 0 Å². The third kappa shape index (κ3) is 6.05. The fourth-order valence-corrected chi connectivity index (χ4v) is 1.97. The number of esters is 1. The SMILES string of the molecule is COC(=O)c1ccc(CNC(=O)C(C)OP(=O)(O)O)cc1. The van der Waals surface area contributed by atoms with E-state index in [1.165, 1.54) is 14.0 Å². The van der Waals surface area contributed by atoms with Gasteiger partial charge in [0.25, 0.3) is 0 Å². The Morgan fingerprint density at radius 3 is 2.33 bits per heavy atom. The molecule has 0 heterocycles. The third-order valence-corrected chi connectivity index (χ3v) is 3.10. The Labute approximate surface area is 121 Å². The van der Waals surface area contributed by atoms with Crippen LogP contribution in [-0.2, 0) is 25.2 Å². The molecule has 0 bridgehead atoms. The molecule has 0 aliphatic rings. The molecule has 0 spiro atoms. The van der Waals surface area contributed by atoms with Crippen molar-refractivity contribution in [2.75, 3.05) is 7.11 Å². The summed E-state index contributed by atoms with van der Waals surface area (Å²) in [6.45, 7) is 1.37. The van der Waals surface area contributed by atoms with Gasteiger partial charge in [0, 0.05) is 6.54 Å². The van der Waals surface area contributed by atoms with Crippen molar-refractivity contribution < 1.29 is 33.2 Å². The number of hydrogen-bond acceptors (Lipinski definition) is 5. The number of nitrogens with one attached hydrogen (secondary N) is 1. The van der Waals surface area contributed by atoms with E-state index in [2.05, 4.69) is 14.6 Å². The number of hydrogen-bond donors (Lipinski definition) is 3. The van der Waals surface area contributed by atoms with Gasteiger partial charge in [0.05, 0.1) is 12.7 Å². The Kier molecular flexibility index (Phi) is 6.04. The average molecular weight is 317 g/mol. The van der Waals surface area contributed by atoms with Crippen LogP contribution in [-0.4, -0.2) is 34.9 Å². The first-order valence-electron chi connectivity index (χ1n) is 5.92. The number of rotatable bonds is 6. The van der Waals surface area contributed by atoms with Gasteiger partial charge >= 0.3 is 13.8 Å². The van der Waals surface area contributed by atoms with Crippen molar-refractivity contribution in [3.8, 4) is 0 Å². The van der Waals surface area contributed by atoms with Gasteiger partial charge in [-0.15, -0.1) is 0 Å². The van der Waals surface area contributed by atoms with Crippen LogP contribution in [0, 0.1) is 0 Å². The summed E-state index contributed by atoms with van der Waals surface area (Å²) < 4.78 is 19.4. The van der Waals surface area contributed by atoms with E-state index in [9.17, 15) is 14.2 Å².